The van der Waals surface area contributed by atoms with Gasteiger partial charge < -0.3 is 19.7 Å². The van der Waals surface area contributed by atoms with Crippen molar-refractivity contribution >= 4 is 23.3 Å². The highest BCUT2D eigenvalue weighted by Crippen LogP contribution is 2.30. The largest absolute Gasteiger partial charge is 0.452 e. The van der Waals surface area contributed by atoms with Crippen molar-refractivity contribution in [2.45, 2.75) is 13.0 Å². The predicted octanol–water partition coefficient (Wildman–Crippen LogP) is 2.47. The van der Waals surface area contributed by atoms with E-state index in [1.54, 1.807) is 0 Å². The summed E-state index contributed by atoms with van der Waals surface area (Å²) >= 11 is 0. The molecule has 0 aliphatic carbocycles. The number of morpholine rings is 1. The predicted molar refractivity (Wildman–Crippen MR) is 109 cm³/mol. The quantitative estimate of drug-likeness (QED) is 0.422. The number of hydrogen-bond acceptors (Lipinski definition) is 7. The summed E-state index contributed by atoms with van der Waals surface area (Å²) in [6.45, 7) is 3.38. The summed E-state index contributed by atoms with van der Waals surface area (Å²) in [5, 5.41) is 14.2. The van der Waals surface area contributed by atoms with Gasteiger partial charge in [-0.2, -0.15) is 0 Å². The molecule has 1 aliphatic rings. The van der Waals surface area contributed by atoms with E-state index in [1.165, 1.54) is 18.2 Å². The Kier molecular flexibility index (Phi) is 6.97. The molecule has 1 saturated heterocycles. The molecule has 1 heterocycles. The molecule has 0 radical (unpaired) electrons. The highest BCUT2D eigenvalue weighted by Gasteiger charge is 2.24. The number of rotatable bonds is 7. The van der Waals surface area contributed by atoms with E-state index in [-0.39, 0.29) is 17.3 Å². The third-order valence-electron chi connectivity index (χ3n) is 4.77. The maximum Gasteiger partial charge on any atom is 0.338 e. The zero-order valence-electron chi connectivity index (χ0n) is 16.6. The highest BCUT2D eigenvalue weighted by molar-refractivity contribution is 5.93. The molecule has 1 atom stereocenters. The Hall–Kier alpha value is -3.46. The van der Waals surface area contributed by atoms with Crippen molar-refractivity contribution in [3.8, 4) is 0 Å². The van der Waals surface area contributed by atoms with E-state index in [1.807, 2.05) is 42.2 Å². The minimum Gasteiger partial charge on any atom is -0.452 e. The second kappa shape index (κ2) is 9.84. The van der Waals surface area contributed by atoms with Crippen LogP contribution >= 0.6 is 0 Å². The number of nitro benzene ring substituents is 1. The number of nitro groups is 1. The van der Waals surface area contributed by atoms with Crippen LogP contribution in [0, 0.1) is 10.1 Å². The van der Waals surface area contributed by atoms with Crippen molar-refractivity contribution in [2.24, 2.45) is 0 Å². The molecule has 1 fully saturated rings. The molecule has 0 unspecified atom stereocenters. The number of carbonyl (C=O) groups is 2. The number of nitrogens with one attached hydrogen (secondary N) is 1. The lowest BCUT2D eigenvalue weighted by molar-refractivity contribution is -0.384. The van der Waals surface area contributed by atoms with Crippen molar-refractivity contribution < 1.29 is 24.0 Å². The number of hydrogen-bond donors (Lipinski definition) is 1. The minimum absolute atomic E-state index is 0.0163. The maximum atomic E-state index is 12.3. The van der Waals surface area contributed by atoms with Gasteiger partial charge in [-0.3, -0.25) is 14.9 Å². The Morgan fingerprint density at radius 2 is 1.90 bits per heavy atom. The van der Waals surface area contributed by atoms with E-state index < -0.39 is 23.4 Å². The summed E-state index contributed by atoms with van der Waals surface area (Å²) in [5.74, 6) is -1.26. The van der Waals surface area contributed by atoms with Gasteiger partial charge in [-0.25, -0.2) is 4.79 Å². The standard InChI is InChI=1S/C21H23N3O6/c1-15(16-5-3-2-4-6-16)22-20(25)14-30-21(26)17-7-8-18(19(13-17)24(27)28)23-9-11-29-12-10-23/h2-8,13,15H,9-12,14H2,1H3,(H,22,25)/t15-/m0/s1. The molecule has 30 heavy (non-hydrogen) atoms. The number of benzene rings is 2. The van der Waals surface area contributed by atoms with Crippen LogP contribution < -0.4 is 10.2 Å². The molecular formula is C21H23N3O6. The van der Waals surface area contributed by atoms with Crippen LogP contribution in [0.15, 0.2) is 48.5 Å². The summed E-state index contributed by atoms with van der Waals surface area (Å²) in [4.78, 5) is 37.2. The van der Waals surface area contributed by atoms with Gasteiger partial charge in [0.05, 0.1) is 29.7 Å². The number of anilines is 1. The molecule has 0 spiro atoms. The van der Waals surface area contributed by atoms with Crippen LogP contribution in [0.1, 0.15) is 28.9 Å². The van der Waals surface area contributed by atoms with Gasteiger partial charge in [0.1, 0.15) is 5.69 Å². The van der Waals surface area contributed by atoms with Gasteiger partial charge in [0.15, 0.2) is 6.61 Å². The van der Waals surface area contributed by atoms with E-state index in [0.29, 0.717) is 32.0 Å². The Morgan fingerprint density at radius 3 is 2.57 bits per heavy atom. The first-order valence-corrected chi connectivity index (χ1v) is 9.58. The molecule has 9 nitrogen and oxygen atoms in total. The minimum atomic E-state index is -0.797. The van der Waals surface area contributed by atoms with Gasteiger partial charge in [-0.05, 0) is 24.6 Å². The average Bonchev–Trinajstić information content (AvgIpc) is 2.78. The van der Waals surface area contributed by atoms with Crippen LogP contribution in [0.5, 0.6) is 0 Å². The number of nitrogens with zero attached hydrogens (tertiary/aromatic N) is 2. The van der Waals surface area contributed by atoms with Crippen LogP contribution in [0.25, 0.3) is 0 Å². The van der Waals surface area contributed by atoms with Crippen LogP contribution in [-0.2, 0) is 14.3 Å². The topological polar surface area (TPSA) is 111 Å². The van der Waals surface area contributed by atoms with E-state index >= 15 is 0 Å². The second-order valence-corrected chi connectivity index (χ2v) is 6.84. The monoisotopic (exact) mass is 413 g/mol. The molecule has 3 rings (SSSR count). The first-order valence-electron chi connectivity index (χ1n) is 9.58. The number of ether oxygens (including phenoxy) is 2. The fourth-order valence-electron chi connectivity index (χ4n) is 3.19. The molecule has 1 N–H and O–H groups in total. The Morgan fingerprint density at radius 1 is 1.20 bits per heavy atom. The Balaban J connectivity index is 1.61. The SMILES string of the molecule is C[C@H](NC(=O)COC(=O)c1ccc(N2CCOCC2)c([N+](=O)[O-])c1)c1ccccc1. The fraction of sp³-hybridized carbons (Fsp3) is 0.333. The maximum absolute atomic E-state index is 12.3. The summed E-state index contributed by atoms with van der Waals surface area (Å²) in [5.41, 5.74) is 1.18. The van der Waals surface area contributed by atoms with Crippen molar-refractivity contribution in [1.82, 2.24) is 5.32 Å². The summed E-state index contributed by atoms with van der Waals surface area (Å²) in [6, 6.07) is 13.3. The van der Waals surface area contributed by atoms with Crippen molar-refractivity contribution in [2.75, 3.05) is 37.8 Å². The van der Waals surface area contributed by atoms with Gasteiger partial charge in [-0.15, -0.1) is 0 Å². The van der Waals surface area contributed by atoms with Gasteiger partial charge in [0.2, 0.25) is 0 Å². The first-order chi connectivity index (χ1) is 14.5. The van der Waals surface area contributed by atoms with Gasteiger partial charge in [0.25, 0.3) is 11.6 Å². The van der Waals surface area contributed by atoms with Crippen molar-refractivity contribution in [1.29, 1.82) is 0 Å². The molecule has 2 aromatic carbocycles. The summed E-state index contributed by atoms with van der Waals surface area (Å²) in [7, 11) is 0. The lowest BCUT2D eigenvalue weighted by Gasteiger charge is -2.28. The van der Waals surface area contributed by atoms with Gasteiger partial charge in [0, 0.05) is 19.2 Å². The molecule has 1 amide bonds. The van der Waals surface area contributed by atoms with Crippen molar-refractivity contribution in [3.63, 3.8) is 0 Å². The molecule has 0 aromatic heterocycles. The van der Waals surface area contributed by atoms with E-state index in [4.69, 9.17) is 9.47 Å². The van der Waals surface area contributed by atoms with Gasteiger partial charge >= 0.3 is 5.97 Å². The molecule has 0 saturated carbocycles. The average molecular weight is 413 g/mol. The lowest BCUT2D eigenvalue weighted by Crippen LogP contribution is -2.36. The Bertz CT molecular complexity index is 912. The number of esters is 1. The zero-order valence-corrected chi connectivity index (χ0v) is 16.6. The van der Waals surface area contributed by atoms with E-state index in [2.05, 4.69) is 5.32 Å². The molecule has 1 aliphatic heterocycles. The molecule has 9 heteroatoms. The zero-order chi connectivity index (χ0) is 21.5. The molecular weight excluding hydrogens is 390 g/mol. The third-order valence-corrected chi connectivity index (χ3v) is 4.77. The lowest BCUT2D eigenvalue weighted by atomic mass is 10.1. The van der Waals surface area contributed by atoms with Gasteiger partial charge in [-0.1, -0.05) is 30.3 Å². The van der Waals surface area contributed by atoms with Crippen LogP contribution in [0.3, 0.4) is 0 Å². The summed E-state index contributed by atoms with van der Waals surface area (Å²) in [6.07, 6.45) is 0. The van der Waals surface area contributed by atoms with Crippen molar-refractivity contribution in [3.05, 3.63) is 69.8 Å². The smallest absolute Gasteiger partial charge is 0.338 e. The Labute approximate surface area is 173 Å². The molecule has 158 valence electrons. The van der Waals surface area contributed by atoms with E-state index in [9.17, 15) is 19.7 Å². The summed E-state index contributed by atoms with van der Waals surface area (Å²) < 4.78 is 10.3. The third kappa shape index (κ3) is 5.32. The highest BCUT2D eigenvalue weighted by atomic mass is 16.6. The second-order valence-electron chi connectivity index (χ2n) is 6.84. The van der Waals surface area contributed by atoms with E-state index in [0.717, 1.165) is 5.56 Å². The first kappa shape index (κ1) is 21.3. The number of amides is 1. The molecule has 0 bridgehead atoms. The normalized spacial score (nSPS) is 14.6. The van der Waals surface area contributed by atoms with Crippen LogP contribution in [0.4, 0.5) is 11.4 Å². The number of carbonyl (C=O) groups excluding carboxylic acids is 2. The fourth-order valence-corrected chi connectivity index (χ4v) is 3.19. The van der Waals surface area contributed by atoms with Crippen LogP contribution in [-0.4, -0.2) is 49.7 Å². The van der Waals surface area contributed by atoms with Crippen LogP contribution in [0.2, 0.25) is 0 Å². The molecule has 2 aromatic rings.